The molecule has 3 rings (SSSR count). The maximum Gasteiger partial charge on any atom is 0.273 e. The van der Waals surface area contributed by atoms with Crippen molar-refractivity contribution in [3.63, 3.8) is 0 Å². The van der Waals surface area contributed by atoms with Crippen LogP contribution < -0.4 is 5.32 Å². The molecule has 124 valence electrons. The van der Waals surface area contributed by atoms with Gasteiger partial charge in [-0.25, -0.2) is 4.98 Å². The normalized spacial score (nSPS) is 17.3. The first-order valence-electron chi connectivity index (χ1n) is 7.61. The van der Waals surface area contributed by atoms with Crippen LogP contribution in [0.15, 0.2) is 10.5 Å². The first kappa shape index (κ1) is 16.1. The average Bonchev–Trinajstić information content (AvgIpc) is 3.07. The largest absolute Gasteiger partial charge is 0.445 e. The summed E-state index contributed by atoms with van der Waals surface area (Å²) in [6, 6.07) is 1.49. The highest BCUT2D eigenvalue weighted by Gasteiger charge is 2.25. The molecule has 1 atom stereocenters. The number of aryl methyl sites for hydroxylation is 1. The minimum Gasteiger partial charge on any atom is -0.445 e. The van der Waals surface area contributed by atoms with Gasteiger partial charge in [0.05, 0.1) is 6.61 Å². The molecule has 0 saturated heterocycles. The molecule has 1 amide bonds. The number of carbonyl (C=O) groups excluding carboxylic acids is 1. The zero-order chi connectivity index (χ0) is 16.6. The van der Waals surface area contributed by atoms with Gasteiger partial charge < -0.3 is 14.5 Å². The number of fused-ring (bicyclic) bond motifs is 1. The lowest BCUT2D eigenvalue weighted by Crippen LogP contribution is -2.32. The first-order valence-corrected chi connectivity index (χ1v) is 8.42. The number of nitrogens with zero attached hydrogens (tertiary/aromatic N) is 1. The number of hydrogen-bond acceptors (Lipinski definition) is 5. The van der Waals surface area contributed by atoms with Gasteiger partial charge in [-0.3, -0.25) is 4.79 Å². The second-order valence-corrected chi connectivity index (χ2v) is 6.95. The fourth-order valence-electron chi connectivity index (χ4n) is 2.57. The van der Waals surface area contributed by atoms with E-state index in [0.717, 1.165) is 21.8 Å². The fraction of sp³-hybridized carbons (Fsp3) is 0.500. The summed E-state index contributed by atoms with van der Waals surface area (Å²) in [5.41, 5.74) is 1.13. The minimum atomic E-state index is -0.319. The predicted octanol–water partition coefficient (Wildman–Crippen LogP) is 3.35. The second-order valence-electron chi connectivity index (χ2n) is 5.86. The van der Waals surface area contributed by atoms with Crippen LogP contribution in [0.4, 0.5) is 4.39 Å². The minimum absolute atomic E-state index is 0.119. The Hall–Kier alpha value is -1.73. The number of hydrogen-bond donors (Lipinski definition) is 1. The van der Waals surface area contributed by atoms with E-state index in [1.807, 2.05) is 13.8 Å². The van der Waals surface area contributed by atoms with Gasteiger partial charge in [0.25, 0.3) is 5.91 Å². The summed E-state index contributed by atoms with van der Waals surface area (Å²) in [6.07, 6.45) is 0.398. The van der Waals surface area contributed by atoms with E-state index in [0.29, 0.717) is 30.4 Å². The van der Waals surface area contributed by atoms with Crippen LogP contribution in [-0.2, 0) is 11.2 Å². The van der Waals surface area contributed by atoms with Crippen LogP contribution in [0.2, 0.25) is 0 Å². The van der Waals surface area contributed by atoms with E-state index in [9.17, 15) is 9.18 Å². The average molecular weight is 338 g/mol. The van der Waals surface area contributed by atoms with Crippen LogP contribution in [0, 0.1) is 12.1 Å². The monoisotopic (exact) mass is 338 g/mol. The van der Waals surface area contributed by atoms with E-state index in [-0.39, 0.29) is 29.6 Å². The molecule has 0 unspecified atom stereocenters. The SMILES string of the molecule is Cc1oc(C(C)C)nc1C(=O)NC[C@@H]1OCCc2sc(F)cc21. The molecule has 2 aromatic heterocycles. The molecule has 1 aliphatic rings. The van der Waals surface area contributed by atoms with Crippen LogP contribution >= 0.6 is 11.3 Å². The van der Waals surface area contributed by atoms with Crippen molar-refractivity contribution in [3.05, 3.63) is 39.0 Å². The number of carbonyl (C=O) groups is 1. The number of ether oxygens (including phenoxy) is 1. The Morgan fingerprint density at radius 1 is 1.57 bits per heavy atom. The quantitative estimate of drug-likeness (QED) is 0.928. The zero-order valence-corrected chi connectivity index (χ0v) is 14.1. The predicted molar refractivity (Wildman–Crippen MR) is 84.3 cm³/mol. The summed E-state index contributed by atoms with van der Waals surface area (Å²) >= 11 is 1.15. The molecule has 0 saturated carbocycles. The van der Waals surface area contributed by atoms with Crippen LogP contribution in [0.5, 0.6) is 0 Å². The maximum atomic E-state index is 13.4. The van der Waals surface area contributed by atoms with Gasteiger partial charge in [-0.1, -0.05) is 13.8 Å². The third kappa shape index (κ3) is 3.30. The van der Waals surface area contributed by atoms with Gasteiger partial charge in [-0.05, 0) is 18.6 Å². The summed E-state index contributed by atoms with van der Waals surface area (Å²) < 4.78 is 24.6. The van der Waals surface area contributed by atoms with E-state index in [4.69, 9.17) is 9.15 Å². The molecule has 2 aromatic rings. The summed E-state index contributed by atoms with van der Waals surface area (Å²) in [7, 11) is 0. The molecular formula is C16H19FN2O3S. The maximum absolute atomic E-state index is 13.4. The third-order valence-electron chi connectivity index (χ3n) is 3.78. The number of thiophene rings is 1. The molecule has 0 spiro atoms. The third-order valence-corrected chi connectivity index (χ3v) is 4.78. The second kappa shape index (κ2) is 6.41. The molecule has 0 bridgehead atoms. The van der Waals surface area contributed by atoms with Crippen molar-refractivity contribution in [2.75, 3.05) is 13.2 Å². The van der Waals surface area contributed by atoms with Crippen LogP contribution in [0.25, 0.3) is 0 Å². The van der Waals surface area contributed by atoms with Crippen molar-refractivity contribution in [1.29, 1.82) is 0 Å². The molecule has 5 nitrogen and oxygen atoms in total. The van der Waals surface area contributed by atoms with E-state index in [2.05, 4.69) is 10.3 Å². The lowest BCUT2D eigenvalue weighted by molar-refractivity contribution is 0.0421. The topological polar surface area (TPSA) is 64.4 Å². The van der Waals surface area contributed by atoms with Crippen LogP contribution in [-0.4, -0.2) is 24.0 Å². The lowest BCUT2D eigenvalue weighted by Gasteiger charge is -2.23. The van der Waals surface area contributed by atoms with Gasteiger partial charge in [0.1, 0.15) is 11.9 Å². The van der Waals surface area contributed by atoms with Crippen molar-refractivity contribution in [2.45, 2.75) is 39.2 Å². The van der Waals surface area contributed by atoms with E-state index >= 15 is 0 Å². The Labute approximate surface area is 137 Å². The molecule has 0 radical (unpaired) electrons. The van der Waals surface area contributed by atoms with Crippen LogP contribution in [0.3, 0.4) is 0 Å². The zero-order valence-electron chi connectivity index (χ0n) is 13.3. The number of aromatic nitrogens is 1. The Morgan fingerprint density at radius 2 is 2.35 bits per heavy atom. The lowest BCUT2D eigenvalue weighted by atomic mass is 10.1. The Morgan fingerprint density at radius 3 is 3.04 bits per heavy atom. The molecule has 1 aliphatic heterocycles. The van der Waals surface area contributed by atoms with Crippen molar-refractivity contribution >= 4 is 17.2 Å². The fourth-order valence-corrected chi connectivity index (χ4v) is 3.49. The van der Waals surface area contributed by atoms with Gasteiger partial charge in [0.2, 0.25) is 0 Å². The highest BCUT2D eigenvalue weighted by molar-refractivity contribution is 7.10. The molecule has 0 aromatic carbocycles. The van der Waals surface area contributed by atoms with Crippen molar-refractivity contribution < 1.29 is 18.3 Å². The summed E-state index contributed by atoms with van der Waals surface area (Å²) in [4.78, 5) is 17.5. The van der Waals surface area contributed by atoms with Crippen molar-refractivity contribution in [2.24, 2.45) is 0 Å². The van der Waals surface area contributed by atoms with E-state index in [1.54, 1.807) is 6.92 Å². The van der Waals surface area contributed by atoms with Crippen molar-refractivity contribution in [3.8, 4) is 0 Å². The van der Waals surface area contributed by atoms with Gasteiger partial charge in [0, 0.05) is 23.8 Å². The Kier molecular flexibility index (Phi) is 4.50. The molecule has 0 aliphatic carbocycles. The molecular weight excluding hydrogens is 319 g/mol. The molecule has 0 fully saturated rings. The number of halogens is 1. The standard InChI is InChI=1S/C16H19FN2O3S/c1-8(2)16-19-14(9(3)22-16)15(20)18-7-11-10-6-13(17)23-12(10)4-5-21-11/h6,8,11H,4-5,7H2,1-3H3,(H,18,20)/t11-/m0/s1. The number of oxazole rings is 1. The van der Waals surface area contributed by atoms with Crippen LogP contribution in [0.1, 0.15) is 58.4 Å². The molecule has 7 heteroatoms. The van der Waals surface area contributed by atoms with Gasteiger partial charge in [-0.2, -0.15) is 4.39 Å². The Balaban J connectivity index is 1.68. The highest BCUT2D eigenvalue weighted by atomic mass is 32.1. The smallest absolute Gasteiger partial charge is 0.273 e. The summed E-state index contributed by atoms with van der Waals surface area (Å²) in [6.45, 7) is 6.45. The first-order chi connectivity index (χ1) is 11.0. The van der Waals surface area contributed by atoms with Gasteiger partial charge >= 0.3 is 0 Å². The number of nitrogens with one attached hydrogen (secondary N) is 1. The van der Waals surface area contributed by atoms with E-state index < -0.39 is 0 Å². The number of rotatable bonds is 4. The van der Waals surface area contributed by atoms with Gasteiger partial charge in [0.15, 0.2) is 16.7 Å². The number of amides is 1. The highest BCUT2D eigenvalue weighted by Crippen LogP contribution is 2.32. The van der Waals surface area contributed by atoms with E-state index in [1.165, 1.54) is 6.07 Å². The Bertz CT molecular complexity index is 723. The molecule has 3 heterocycles. The van der Waals surface area contributed by atoms with Gasteiger partial charge in [-0.15, -0.1) is 11.3 Å². The summed E-state index contributed by atoms with van der Waals surface area (Å²) in [5, 5.41) is 2.59. The summed E-state index contributed by atoms with van der Waals surface area (Å²) in [5.74, 6) is 0.861. The van der Waals surface area contributed by atoms with Crippen molar-refractivity contribution in [1.82, 2.24) is 10.3 Å². The molecule has 1 N–H and O–H groups in total. The molecule has 23 heavy (non-hydrogen) atoms.